The van der Waals surface area contributed by atoms with Gasteiger partial charge in [0.2, 0.25) is 5.78 Å². The summed E-state index contributed by atoms with van der Waals surface area (Å²) < 4.78 is 2.18. The molecule has 2 N–H and O–H groups in total. The number of rotatable bonds is 4. The van der Waals surface area contributed by atoms with Crippen molar-refractivity contribution in [2.75, 3.05) is 0 Å². The Hall–Kier alpha value is -3.57. The lowest BCUT2D eigenvalue weighted by Crippen LogP contribution is -2.18. The molecule has 0 saturated heterocycles. The van der Waals surface area contributed by atoms with Crippen LogP contribution in [0.5, 0.6) is 0 Å². The first kappa shape index (κ1) is 18.0. The van der Waals surface area contributed by atoms with E-state index in [1.165, 1.54) is 22.2 Å². The number of hydrogen-bond donors (Lipinski definition) is 1. The predicted octanol–water partition coefficient (Wildman–Crippen LogP) is 4.97. The van der Waals surface area contributed by atoms with Gasteiger partial charge in [0, 0.05) is 40.5 Å². The minimum absolute atomic E-state index is 0.00842. The van der Waals surface area contributed by atoms with E-state index in [4.69, 9.17) is 5.73 Å². The molecule has 2 fully saturated rings. The van der Waals surface area contributed by atoms with Gasteiger partial charge < -0.3 is 5.73 Å². The molecule has 0 bridgehead atoms. The summed E-state index contributed by atoms with van der Waals surface area (Å²) in [7, 11) is 0. The number of benzene rings is 2. The van der Waals surface area contributed by atoms with Crippen molar-refractivity contribution in [1.82, 2.24) is 19.4 Å². The van der Waals surface area contributed by atoms with Gasteiger partial charge in [-0.3, -0.25) is 9.38 Å². The molecule has 0 unspecified atom stereocenters. The van der Waals surface area contributed by atoms with Gasteiger partial charge in [-0.2, -0.15) is 0 Å². The van der Waals surface area contributed by atoms with Crippen molar-refractivity contribution < 1.29 is 0 Å². The Balaban J connectivity index is 1.31. The Morgan fingerprint density at radius 1 is 0.781 bits per heavy atom. The first-order chi connectivity index (χ1) is 15.6. The van der Waals surface area contributed by atoms with Crippen molar-refractivity contribution >= 4 is 16.7 Å². The third kappa shape index (κ3) is 2.64. The van der Waals surface area contributed by atoms with E-state index in [0.717, 1.165) is 48.1 Å². The molecule has 3 aromatic heterocycles. The average Bonchev–Trinajstić information content (AvgIpc) is 3.76. The van der Waals surface area contributed by atoms with Gasteiger partial charge in [-0.05, 0) is 60.6 Å². The molecular formula is C27H23N5. The molecule has 156 valence electrons. The molecule has 5 heteroatoms. The standard InChI is InChI=1S/C27H23N5/c28-27(11-12-27)21-5-3-18(4-6-21)20-15-30-25-31-16-24(32(25)17-20)26(9-10-26)22-7-8-23-19(14-22)2-1-13-29-23/h1-8,13-17H,9-12,28H2. The predicted molar refractivity (Wildman–Crippen MR) is 125 cm³/mol. The van der Waals surface area contributed by atoms with Crippen LogP contribution in [0.4, 0.5) is 0 Å². The fraction of sp³-hybridized carbons (Fsp3) is 0.222. The van der Waals surface area contributed by atoms with Crippen LogP contribution in [0.2, 0.25) is 0 Å². The molecule has 0 spiro atoms. The number of aromatic nitrogens is 4. The van der Waals surface area contributed by atoms with Crippen molar-refractivity contribution in [3.8, 4) is 11.1 Å². The molecule has 2 aliphatic rings. The van der Waals surface area contributed by atoms with E-state index in [1.807, 2.05) is 24.7 Å². The third-order valence-electron chi connectivity index (χ3n) is 7.34. The molecule has 0 radical (unpaired) electrons. The Morgan fingerprint density at radius 2 is 1.56 bits per heavy atom. The summed E-state index contributed by atoms with van der Waals surface area (Å²) in [6.45, 7) is 0. The Kier molecular flexibility index (Phi) is 3.52. The van der Waals surface area contributed by atoms with Crippen molar-refractivity contribution in [2.45, 2.75) is 36.6 Å². The third-order valence-corrected chi connectivity index (χ3v) is 7.34. The second-order valence-electron chi connectivity index (χ2n) is 9.38. The number of nitrogens with zero attached hydrogens (tertiary/aromatic N) is 4. The van der Waals surface area contributed by atoms with Crippen LogP contribution in [0.1, 0.15) is 42.5 Å². The lowest BCUT2D eigenvalue weighted by atomic mass is 9.91. The smallest absolute Gasteiger partial charge is 0.233 e. The number of nitrogens with two attached hydrogens (primary N) is 1. The highest BCUT2D eigenvalue weighted by molar-refractivity contribution is 5.79. The highest BCUT2D eigenvalue weighted by atomic mass is 15.1. The quantitative estimate of drug-likeness (QED) is 0.448. The summed E-state index contributed by atoms with van der Waals surface area (Å²) in [5.41, 5.74) is 13.3. The van der Waals surface area contributed by atoms with Crippen LogP contribution in [-0.2, 0) is 11.0 Å². The zero-order chi connectivity index (χ0) is 21.3. The maximum absolute atomic E-state index is 6.35. The first-order valence-corrected chi connectivity index (χ1v) is 11.2. The minimum atomic E-state index is -0.105. The Morgan fingerprint density at radius 3 is 2.34 bits per heavy atom. The summed E-state index contributed by atoms with van der Waals surface area (Å²) in [4.78, 5) is 13.8. The van der Waals surface area contributed by atoms with Crippen molar-refractivity contribution in [1.29, 1.82) is 0 Å². The van der Waals surface area contributed by atoms with E-state index in [9.17, 15) is 0 Å². The highest BCUT2D eigenvalue weighted by Crippen LogP contribution is 2.53. The van der Waals surface area contributed by atoms with Crippen molar-refractivity contribution in [3.63, 3.8) is 0 Å². The van der Waals surface area contributed by atoms with Crippen LogP contribution >= 0.6 is 0 Å². The van der Waals surface area contributed by atoms with Crippen molar-refractivity contribution in [2.24, 2.45) is 5.73 Å². The summed E-state index contributed by atoms with van der Waals surface area (Å²) in [6.07, 6.45) is 12.3. The topological polar surface area (TPSA) is 69.1 Å². The molecule has 2 aromatic carbocycles. The fourth-order valence-corrected chi connectivity index (χ4v) is 4.99. The number of imidazole rings is 1. The van der Waals surface area contributed by atoms with Gasteiger partial charge in [-0.1, -0.05) is 36.4 Å². The zero-order valence-electron chi connectivity index (χ0n) is 17.7. The zero-order valence-corrected chi connectivity index (χ0v) is 17.7. The molecule has 0 atom stereocenters. The normalized spacial score (nSPS) is 18.2. The molecule has 0 aliphatic heterocycles. The molecule has 5 aromatic rings. The van der Waals surface area contributed by atoms with Gasteiger partial charge >= 0.3 is 0 Å². The number of hydrogen-bond acceptors (Lipinski definition) is 4. The van der Waals surface area contributed by atoms with Gasteiger partial charge in [0.15, 0.2) is 0 Å². The van der Waals surface area contributed by atoms with Crippen LogP contribution < -0.4 is 5.73 Å². The fourth-order valence-electron chi connectivity index (χ4n) is 4.99. The SMILES string of the molecule is NC1(c2ccc(-c3cnc4ncc(C5(c6ccc7ncccc7c6)CC5)n4c3)cc2)CC1. The van der Waals surface area contributed by atoms with E-state index in [1.54, 1.807) is 0 Å². The largest absolute Gasteiger partial charge is 0.321 e. The van der Waals surface area contributed by atoms with E-state index >= 15 is 0 Å². The molecule has 2 saturated carbocycles. The molecule has 32 heavy (non-hydrogen) atoms. The second kappa shape index (κ2) is 6.24. The molecular weight excluding hydrogens is 394 g/mol. The van der Waals surface area contributed by atoms with Gasteiger partial charge in [-0.25, -0.2) is 9.97 Å². The Bertz CT molecular complexity index is 1490. The van der Waals surface area contributed by atoms with Crippen LogP contribution in [0, 0.1) is 0 Å². The molecule has 3 heterocycles. The van der Waals surface area contributed by atoms with Gasteiger partial charge in [0.25, 0.3) is 0 Å². The van der Waals surface area contributed by atoms with Crippen LogP contribution in [0.3, 0.4) is 0 Å². The van der Waals surface area contributed by atoms with Gasteiger partial charge in [-0.15, -0.1) is 0 Å². The van der Waals surface area contributed by atoms with Crippen LogP contribution in [0.15, 0.2) is 79.4 Å². The van der Waals surface area contributed by atoms with E-state index in [0.29, 0.717) is 0 Å². The molecule has 7 rings (SSSR count). The molecule has 0 amide bonds. The molecule has 5 nitrogen and oxygen atoms in total. The van der Waals surface area contributed by atoms with Crippen LogP contribution in [0.25, 0.3) is 27.8 Å². The Labute approximate surface area is 186 Å². The summed E-state index contributed by atoms with van der Waals surface area (Å²) in [5, 5.41) is 1.18. The van der Waals surface area contributed by atoms with E-state index in [2.05, 4.69) is 74.1 Å². The maximum Gasteiger partial charge on any atom is 0.233 e. The van der Waals surface area contributed by atoms with E-state index in [-0.39, 0.29) is 11.0 Å². The monoisotopic (exact) mass is 417 g/mol. The lowest BCUT2D eigenvalue weighted by molar-refractivity contribution is 0.740. The highest BCUT2D eigenvalue weighted by Gasteiger charge is 2.48. The van der Waals surface area contributed by atoms with Crippen molar-refractivity contribution in [3.05, 3.63) is 96.2 Å². The molecule has 2 aliphatic carbocycles. The minimum Gasteiger partial charge on any atom is -0.321 e. The maximum atomic E-state index is 6.35. The first-order valence-electron chi connectivity index (χ1n) is 11.2. The summed E-state index contributed by atoms with van der Waals surface area (Å²) in [6, 6.07) is 19.4. The number of fused-ring (bicyclic) bond motifs is 2. The lowest BCUT2D eigenvalue weighted by Gasteiger charge is -2.17. The average molecular weight is 418 g/mol. The van der Waals surface area contributed by atoms with Gasteiger partial charge in [0.1, 0.15) is 0 Å². The second-order valence-corrected chi connectivity index (χ2v) is 9.38. The van der Waals surface area contributed by atoms with Crippen LogP contribution in [-0.4, -0.2) is 19.4 Å². The number of pyridine rings is 1. The summed E-state index contributed by atoms with van der Waals surface area (Å²) >= 11 is 0. The van der Waals surface area contributed by atoms with E-state index < -0.39 is 0 Å². The van der Waals surface area contributed by atoms with Gasteiger partial charge in [0.05, 0.1) is 17.4 Å². The summed E-state index contributed by atoms with van der Waals surface area (Å²) in [5.74, 6) is 0.744.